The maximum absolute atomic E-state index is 12.6. The van der Waals surface area contributed by atoms with Crippen LogP contribution in [0.1, 0.15) is 42.6 Å². The third-order valence-electron chi connectivity index (χ3n) is 4.10. The van der Waals surface area contributed by atoms with Crippen LogP contribution in [0.25, 0.3) is 0 Å². The first kappa shape index (κ1) is 15.5. The predicted octanol–water partition coefficient (Wildman–Crippen LogP) is 2.82. The highest BCUT2D eigenvalue weighted by Crippen LogP contribution is 2.30. The summed E-state index contributed by atoms with van der Waals surface area (Å²) in [6, 6.07) is 7.54. The molecule has 0 radical (unpaired) electrons. The van der Waals surface area contributed by atoms with Crippen LogP contribution in [0.4, 0.5) is 0 Å². The highest BCUT2D eigenvalue weighted by Gasteiger charge is 2.32. The molecule has 1 aliphatic heterocycles. The number of amides is 1. The maximum atomic E-state index is 12.6. The smallest absolute Gasteiger partial charge is 0.261 e. The fourth-order valence-electron chi connectivity index (χ4n) is 2.88. The Hall–Kier alpha value is -2.37. The Morgan fingerprint density at radius 2 is 2.17 bits per heavy atom. The van der Waals surface area contributed by atoms with E-state index < -0.39 is 0 Å². The summed E-state index contributed by atoms with van der Waals surface area (Å²) in [5.41, 5.74) is 1.02. The van der Waals surface area contributed by atoms with Gasteiger partial charge in [-0.05, 0) is 44.7 Å². The average Bonchev–Trinajstić information content (AvgIpc) is 3.00. The van der Waals surface area contributed by atoms with Crippen LogP contribution in [0.15, 0.2) is 28.8 Å². The number of hydrogen-bond donors (Lipinski definition) is 0. The average molecular weight is 315 g/mol. The first-order valence-corrected chi connectivity index (χ1v) is 7.93. The van der Waals surface area contributed by atoms with Gasteiger partial charge < -0.3 is 14.2 Å². The first-order chi connectivity index (χ1) is 11.1. The number of ether oxygens (including phenoxy) is 1. The van der Waals surface area contributed by atoms with Gasteiger partial charge in [0.05, 0.1) is 0 Å². The van der Waals surface area contributed by atoms with Crippen LogP contribution in [0, 0.1) is 13.8 Å². The zero-order valence-corrected chi connectivity index (χ0v) is 13.5. The highest BCUT2D eigenvalue weighted by atomic mass is 16.5. The molecular formula is C17H21N3O3. The fourth-order valence-corrected chi connectivity index (χ4v) is 2.88. The second kappa shape index (κ2) is 6.81. The number of para-hydroxylation sites is 1. The van der Waals surface area contributed by atoms with E-state index in [9.17, 15) is 4.79 Å². The predicted molar refractivity (Wildman–Crippen MR) is 84.0 cm³/mol. The second-order valence-corrected chi connectivity index (χ2v) is 5.83. The van der Waals surface area contributed by atoms with Crippen molar-refractivity contribution in [2.24, 2.45) is 0 Å². The van der Waals surface area contributed by atoms with Crippen molar-refractivity contribution in [3.05, 3.63) is 41.5 Å². The normalized spacial score (nSPS) is 18.0. The largest absolute Gasteiger partial charge is 0.484 e. The molecule has 1 saturated heterocycles. The molecule has 0 bridgehead atoms. The molecule has 1 atom stereocenters. The van der Waals surface area contributed by atoms with Crippen molar-refractivity contribution >= 4 is 5.91 Å². The van der Waals surface area contributed by atoms with Gasteiger partial charge in [0.1, 0.15) is 11.8 Å². The topological polar surface area (TPSA) is 68.5 Å². The Morgan fingerprint density at radius 3 is 2.91 bits per heavy atom. The number of aryl methyl sites for hydroxylation is 2. The quantitative estimate of drug-likeness (QED) is 0.868. The lowest BCUT2D eigenvalue weighted by Gasteiger charge is -2.33. The number of benzene rings is 1. The molecule has 6 heteroatoms. The molecule has 1 aliphatic rings. The molecule has 1 amide bonds. The van der Waals surface area contributed by atoms with Crippen LogP contribution in [-0.2, 0) is 4.79 Å². The van der Waals surface area contributed by atoms with Gasteiger partial charge in [0.15, 0.2) is 12.4 Å². The van der Waals surface area contributed by atoms with Crippen LogP contribution < -0.4 is 4.74 Å². The summed E-state index contributed by atoms with van der Waals surface area (Å²) in [7, 11) is 0. The van der Waals surface area contributed by atoms with Crippen LogP contribution in [-0.4, -0.2) is 34.1 Å². The summed E-state index contributed by atoms with van der Waals surface area (Å²) >= 11 is 0. The monoisotopic (exact) mass is 315 g/mol. The van der Waals surface area contributed by atoms with E-state index in [0.29, 0.717) is 18.3 Å². The third-order valence-corrected chi connectivity index (χ3v) is 4.10. The molecule has 1 unspecified atom stereocenters. The molecule has 1 aromatic heterocycles. The number of carbonyl (C=O) groups excluding carboxylic acids is 1. The van der Waals surface area contributed by atoms with Crippen LogP contribution in [0.2, 0.25) is 0 Å². The molecular weight excluding hydrogens is 294 g/mol. The Labute approximate surface area is 135 Å². The Morgan fingerprint density at radius 1 is 1.35 bits per heavy atom. The van der Waals surface area contributed by atoms with E-state index in [2.05, 4.69) is 10.1 Å². The van der Waals surface area contributed by atoms with E-state index >= 15 is 0 Å². The van der Waals surface area contributed by atoms with Gasteiger partial charge in [0, 0.05) is 6.54 Å². The van der Waals surface area contributed by atoms with Gasteiger partial charge in [0.25, 0.3) is 5.91 Å². The Bertz CT molecular complexity index is 683. The van der Waals surface area contributed by atoms with Crippen LogP contribution in [0.5, 0.6) is 5.75 Å². The summed E-state index contributed by atoms with van der Waals surface area (Å²) in [5.74, 6) is 1.80. The summed E-state index contributed by atoms with van der Waals surface area (Å²) < 4.78 is 11.0. The Kier molecular flexibility index (Phi) is 4.60. The number of nitrogens with zero attached hydrogens (tertiary/aromatic N) is 3. The lowest BCUT2D eigenvalue weighted by atomic mass is 10.0. The molecule has 3 rings (SSSR count). The molecule has 122 valence electrons. The number of carbonyl (C=O) groups is 1. The fraction of sp³-hybridized carbons (Fsp3) is 0.471. The number of hydrogen-bond acceptors (Lipinski definition) is 5. The molecule has 0 spiro atoms. The van der Waals surface area contributed by atoms with Gasteiger partial charge in [0.2, 0.25) is 5.89 Å². The minimum atomic E-state index is -0.141. The maximum Gasteiger partial charge on any atom is 0.261 e. The highest BCUT2D eigenvalue weighted by molar-refractivity contribution is 5.78. The van der Waals surface area contributed by atoms with Crippen molar-refractivity contribution in [2.45, 2.75) is 39.2 Å². The van der Waals surface area contributed by atoms with Crippen LogP contribution >= 0.6 is 0 Å². The van der Waals surface area contributed by atoms with E-state index in [0.717, 1.165) is 30.6 Å². The zero-order chi connectivity index (χ0) is 16.2. The van der Waals surface area contributed by atoms with Crippen molar-refractivity contribution < 1.29 is 14.1 Å². The van der Waals surface area contributed by atoms with E-state index in [1.165, 1.54) is 0 Å². The van der Waals surface area contributed by atoms with E-state index in [1.54, 1.807) is 11.8 Å². The van der Waals surface area contributed by atoms with Gasteiger partial charge in [-0.3, -0.25) is 4.79 Å². The van der Waals surface area contributed by atoms with E-state index in [4.69, 9.17) is 9.26 Å². The van der Waals surface area contributed by atoms with Crippen molar-refractivity contribution in [3.63, 3.8) is 0 Å². The van der Waals surface area contributed by atoms with Gasteiger partial charge in [-0.25, -0.2) is 0 Å². The van der Waals surface area contributed by atoms with Gasteiger partial charge in [-0.15, -0.1) is 0 Å². The number of aromatic nitrogens is 2. The lowest BCUT2D eigenvalue weighted by molar-refractivity contribution is -0.138. The van der Waals surface area contributed by atoms with Crippen molar-refractivity contribution in [2.75, 3.05) is 13.2 Å². The van der Waals surface area contributed by atoms with Crippen molar-refractivity contribution in [3.8, 4) is 5.75 Å². The molecule has 1 fully saturated rings. The SMILES string of the molecule is Cc1noc(C2CCCCN2C(=O)COc2ccccc2C)n1. The number of likely N-dealkylation sites (tertiary alicyclic amines) is 1. The summed E-state index contributed by atoms with van der Waals surface area (Å²) in [6.07, 6.45) is 2.88. The standard InChI is InChI=1S/C17H21N3O3/c1-12-7-3-4-9-15(12)22-11-16(21)20-10-6-5-8-14(20)17-18-13(2)19-23-17/h3-4,7,9,14H,5-6,8,10-11H2,1-2H3. The molecule has 6 nitrogen and oxygen atoms in total. The molecule has 0 saturated carbocycles. The minimum absolute atomic E-state index is 0.0223. The van der Waals surface area contributed by atoms with Gasteiger partial charge in [-0.1, -0.05) is 23.4 Å². The van der Waals surface area contributed by atoms with Crippen molar-refractivity contribution in [1.29, 1.82) is 0 Å². The van der Waals surface area contributed by atoms with Gasteiger partial charge >= 0.3 is 0 Å². The summed E-state index contributed by atoms with van der Waals surface area (Å²) in [5, 5.41) is 3.84. The number of rotatable bonds is 4. The second-order valence-electron chi connectivity index (χ2n) is 5.83. The zero-order valence-electron chi connectivity index (χ0n) is 13.5. The minimum Gasteiger partial charge on any atom is -0.484 e. The molecule has 2 heterocycles. The van der Waals surface area contributed by atoms with Crippen LogP contribution in [0.3, 0.4) is 0 Å². The van der Waals surface area contributed by atoms with Crippen molar-refractivity contribution in [1.82, 2.24) is 15.0 Å². The molecule has 0 aliphatic carbocycles. The molecule has 2 aromatic rings. The lowest BCUT2D eigenvalue weighted by Crippen LogP contribution is -2.41. The molecule has 23 heavy (non-hydrogen) atoms. The third kappa shape index (κ3) is 3.52. The van der Waals surface area contributed by atoms with E-state index in [-0.39, 0.29) is 18.6 Å². The summed E-state index contributed by atoms with van der Waals surface area (Å²) in [4.78, 5) is 18.7. The van der Waals surface area contributed by atoms with E-state index in [1.807, 2.05) is 31.2 Å². The Balaban J connectivity index is 1.68. The first-order valence-electron chi connectivity index (χ1n) is 7.93. The number of piperidine rings is 1. The molecule has 0 N–H and O–H groups in total. The van der Waals surface area contributed by atoms with Gasteiger partial charge in [-0.2, -0.15) is 4.98 Å². The summed E-state index contributed by atoms with van der Waals surface area (Å²) in [6.45, 7) is 4.46. The molecule has 1 aromatic carbocycles.